The molecule has 0 saturated heterocycles. The minimum absolute atomic E-state index is 0.0965. The van der Waals surface area contributed by atoms with E-state index in [0.717, 1.165) is 0 Å². The van der Waals surface area contributed by atoms with Gasteiger partial charge in [0.15, 0.2) is 6.10 Å². The fourth-order valence-corrected chi connectivity index (χ4v) is 2.36. The molecule has 2 rings (SSSR count). The Hall–Kier alpha value is -2.24. The molecule has 0 heterocycles. The number of ether oxygens (including phenoxy) is 1. The van der Waals surface area contributed by atoms with Crippen LogP contribution < -0.4 is 15.4 Å². The van der Waals surface area contributed by atoms with Crippen molar-refractivity contribution in [1.82, 2.24) is 0 Å². The number of hydrogen-bond acceptors (Lipinski definition) is 3. The summed E-state index contributed by atoms with van der Waals surface area (Å²) in [5, 5.41) is 6.14. The van der Waals surface area contributed by atoms with Crippen molar-refractivity contribution in [3.05, 3.63) is 52.5 Å². The van der Waals surface area contributed by atoms with Crippen molar-refractivity contribution in [3.63, 3.8) is 0 Å². The summed E-state index contributed by atoms with van der Waals surface area (Å²) in [5.41, 5.74) is 1.15. The Balaban J connectivity index is 2.02. The number of carbonyl (C=O) groups is 2. The summed E-state index contributed by atoms with van der Waals surface area (Å²) >= 11 is 12.0. The van der Waals surface area contributed by atoms with Gasteiger partial charge in [0.05, 0.1) is 5.02 Å². The number of carbonyl (C=O) groups excluding carboxylic acids is 2. The van der Waals surface area contributed by atoms with E-state index >= 15 is 0 Å². The van der Waals surface area contributed by atoms with E-state index in [1.165, 1.54) is 0 Å². The Morgan fingerprint density at radius 1 is 0.923 bits per heavy atom. The second-order valence-electron chi connectivity index (χ2n) is 6.03. The fourth-order valence-electron chi connectivity index (χ4n) is 2.02. The molecular formula is C19H20Cl2N2O3. The first-order chi connectivity index (χ1) is 12.3. The molecule has 2 aromatic rings. The quantitative estimate of drug-likeness (QED) is 0.724. The molecule has 2 amide bonds. The number of hydrogen-bond donors (Lipinski definition) is 2. The van der Waals surface area contributed by atoms with Gasteiger partial charge in [-0.1, -0.05) is 49.2 Å². The molecule has 0 spiro atoms. The van der Waals surface area contributed by atoms with Gasteiger partial charge in [-0.2, -0.15) is 0 Å². The minimum atomic E-state index is -0.792. The summed E-state index contributed by atoms with van der Waals surface area (Å²) < 4.78 is 5.59. The van der Waals surface area contributed by atoms with Gasteiger partial charge in [0.25, 0.3) is 5.91 Å². The lowest BCUT2D eigenvalue weighted by Gasteiger charge is -2.16. The average molecular weight is 395 g/mol. The van der Waals surface area contributed by atoms with Crippen LogP contribution in [0, 0.1) is 5.92 Å². The van der Waals surface area contributed by atoms with Crippen LogP contribution in [0.3, 0.4) is 0 Å². The number of amides is 2. The van der Waals surface area contributed by atoms with E-state index < -0.39 is 6.10 Å². The third-order valence-corrected chi connectivity index (χ3v) is 4.31. The molecule has 0 saturated carbocycles. The normalized spacial score (nSPS) is 11.8. The molecule has 7 heteroatoms. The second-order valence-corrected chi connectivity index (χ2v) is 6.81. The molecule has 26 heavy (non-hydrogen) atoms. The molecule has 2 N–H and O–H groups in total. The van der Waals surface area contributed by atoms with E-state index in [0.29, 0.717) is 22.1 Å². The smallest absolute Gasteiger partial charge is 0.265 e. The van der Waals surface area contributed by atoms with Crippen LogP contribution in [0.5, 0.6) is 5.75 Å². The van der Waals surface area contributed by atoms with E-state index in [2.05, 4.69) is 10.6 Å². The molecular weight excluding hydrogens is 375 g/mol. The molecule has 1 unspecified atom stereocenters. The molecule has 0 aliphatic rings. The van der Waals surface area contributed by atoms with Crippen molar-refractivity contribution in [1.29, 1.82) is 0 Å². The van der Waals surface area contributed by atoms with Gasteiger partial charge >= 0.3 is 0 Å². The third kappa shape index (κ3) is 5.38. The standard InChI is InChI=1S/C19H20Cl2N2O3/c1-11(2)18(24)22-13-6-4-7-14(10-13)23-19(25)12(3)26-16-9-5-8-15(20)17(16)21/h4-12H,1-3H3,(H,22,24)(H,23,25). The predicted molar refractivity (Wildman–Crippen MR) is 105 cm³/mol. The summed E-state index contributed by atoms with van der Waals surface area (Å²) in [6.45, 7) is 5.22. The van der Waals surface area contributed by atoms with Gasteiger partial charge in [-0.25, -0.2) is 0 Å². The van der Waals surface area contributed by atoms with Crippen molar-refractivity contribution >= 4 is 46.4 Å². The Morgan fingerprint density at radius 2 is 1.50 bits per heavy atom. The lowest BCUT2D eigenvalue weighted by atomic mass is 10.2. The molecule has 0 fully saturated rings. The van der Waals surface area contributed by atoms with Crippen LogP contribution in [0.15, 0.2) is 42.5 Å². The van der Waals surface area contributed by atoms with Crippen molar-refractivity contribution in [2.75, 3.05) is 10.6 Å². The largest absolute Gasteiger partial charge is 0.479 e. The van der Waals surface area contributed by atoms with Crippen LogP contribution in [0.25, 0.3) is 0 Å². The highest BCUT2D eigenvalue weighted by Crippen LogP contribution is 2.32. The first-order valence-corrected chi connectivity index (χ1v) is 8.86. The highest BCUT2D eigenvalue weighted by Gasteiger charge is 2.17. The zero-order valence-corrected chi connectivity index (χ0v) is 16.2. The average Bonchev–Trinajstić information content (AvgIpc) is 2.59. The number of benzene rings is 2. The van der Waals surface area contributed by atoms with Crippen molar-refractivity contribution in [3.8, 4) is 5.75 Å². The SMILES string of the molecule is CC(C)C(=O)Nc1cccc(NC(=O)C(C)Oc2cccc(Cl)c2Cl)c1. The first-order valence-electron chi connectivity index (χ1n) is 8.10. The molecule has 138 valence electrons. The zero-order chi connectivity index (χ0) is 19.3. The van der Waals surface area contributed by atoms with Crippen molar-refractivity contribution in [2.24, 2.45) is 5.92 Å². The molecule has 1 atom stereocenters. The highest BCUT2D eigenvalue weighted by atomic mass is 35.5. The van der Waals surface area contributed by atoms with Crippen LogP contribution in [0.4, 0.5) is 11.4 Å². The molecule has 0 aliphatic carbocycles. The number of halogens is 2. The minimum Gasteiger partial charge on any atom is -0.479 e. The predicted octanol–water partition coefficient (Wildman–Crippen LogP) is 4.99. The third-order valence-electron chi connectivity index (χ3n) is 3.51. The van der Waals surface area contributed by atoms with Crippen LogP contribution in [-0.2, 0) is 9.59 Å². The van der Waals surface area contributed by atoms with Gasteiger partial charge in [-0.3, -0.25) is 9.59 Å². The summed E-state index contributed by atoms with van der Waals surface area (Å²) in [6, 6.07) is 11.9. The van der Waals surface area contributed by atoms with Crippen LogP contribution in [0.1, 0.15) is 20.8 Å². The van der Waals surface area contributed by atoms with Gasteiger partial charge in [0, 0.05) is 17.3 Å². The van der Waals surface area contributed by atoms with Gasteiger partial charge in [0.2, 0.25) is 5.91 Å². The van der Waals surface area contributed by atoms with Crippen molar-refractivity contribution in [2.45, 2.75) is 26.9 Å². The fraction of sp³-hybridized carbons (Fsp3) is 0.263. The Labute approximate surface area is 162 Å². The summed E-state index contributed by atoms with van der Waals surface area (Å²) in [7, 11) is 0. The molecule has 5 nitrogen and oxygen atoms in total. The van der Waals surface area contributed by atoms with Gasteiger partial charge in [0.1, 0.15) is 10.8 Å². The lowest BCUT2D eigenvalue weighted by Crippen LogP contribution is -2.30. The zero-order valence-electron chi connectivity index (χ0n) is 14.7. The maximum absolute atomic E-state index is 12.4. The topological polar surface area (TPSA) is 67.4 Å². The molecule has 0 aromatic heterocycles. The van der Waals surface area contributed by atoms with E-state index in [1.54, 1.807) is 63.2 Å². The highest BCUT2D eigenvalue weighted by molar-refractivity contribution is 6.42. The number of nitrogens with one attached hydrogen (secondary N) is 2. The maximum atomic E-state index is 12.4. The van der Waals surface area contributed by atoms with E-state index in [1.807, 2.05) is 0 Å². The Bertz CT molecular complexity index is 809. The molecule has 0 radical (unpaired) electrons. The summed E-state index contributed by atoms with van der Waals surface area (Å²) in [6.07, 6.45) is -0.792. The molecule has 0 bridgehead atoms. The Morgan fingerprint density at radius 3 is 2.12 bits per heavy atom. The van der Waals surface area contributed by atoms with E-state index in [-0.39, 0.29) is 22.8 Å². The van der Waals surface area contributed by atoms with Gasteiger partial charge < -0.3 is 15.4 Å². The van der Waals surface area contributed by atoms with Crippen LogP contribution in [0.2, 0.25) is 10.0 Å². The monoisotopic (exact) mass is 394 g/mol. The maximum Gasteiger partial charge on any atom is 0.265 e. The van der Waals surface area contributed by atoms with Crippen LogP contribution >= 0.6 is 23.2 Å². The number of rotatable bonds is 6. The van der Waals surface area contributed by atoms with Gasteiger partial charge in [-0.05, 0) is 37.3 Å². The first kappa shape index (κ1) is 20.1. The summed E-state index contributed by atoms with van der Waals surface area (Å²) in [5.74, 6) is -0.252. The van der Waals surface area contributed by atoms with E-state index in [4.69, 9.17) is 27.9 Å². The Kier molecular flexibility index (Phi) is 6.89. The van der Waals surface area contributed by atoms with E-state index in [9.17, 15) is 9.59 Å². The summed E-state index contributed by atoms with van der Waals surface area (Å²) in [4.78, 5) is 24.1. The molecule has 2 aromatic carbocycles. The molecule has 0 aliphatic heterocycles. The van der Waals surface area contributed by atoms with Crippen molar-refractivity contribution < 1.29 is 14.3 Å². The van der Waals surface area contributed by atoms with Crippen LogP contribution in [-0.4, -0.2) is 17.9 Å². The second kappa shape index (κ2) is 8.92. The van der Waals surface area contributed by atoms with Gasteiger partial charge in [-0.15, -0.1) is 0 Å². The number of anilines is 2. The lowest BCUT2D eigenvalue weighted by molar-refractivity contribution is -0.122.